The first-order valence-electron chi connectivity index (χ1n) is 3.10. The van der Waals surface area contributed by atoms with E-state index in [2.05, 4.69) is 4.98 Å². The van der Waals surface area contributed by atoms with Gasteiger partial charge in [0.05, 0.1) is 13.2 Å². The van der Waals surface area contributed by atoms with Crippen molar-refractivity contribution >= 4 is 11.6 Å². The van der Waals surface area contributed by atoms with Crippen LogP contribution < -0.4 is 4.57 Å². The Morgan fingerprint density at radius 1 is 1.50 bits per heavy atom. The van der Waals surface area contributed by atoms with Crippen molar-refractivity contribution in [2.24, 2.45) is 7.05 Å². The Bertz CT molecular complexity index is 208. The molecule has 0 aromatic carbocycles. The quantitative estimate of drug-likeness (QED) is 0.408. The van der Waals surface area contributed by atoms with Crippen LogP contribution in [0.4, 0.5) is 0 Å². The number of nitrogens with zero attached hydrogens (tertiary/aromatic N) is 2. The van der Waals surface area contributed by atoms with E-state index < -0.39 is 0 Å². The van der Waals surface area contributed by atoms with Crippen LogP contribution in [0.5, 0.6) is 0 Å². The summed E-state index contributed by atoms with van der Waals surface area (Å²) in [6.07, 6.45) is 1.96. The molecule has 0 bridgehead atoms. The fourth-order valence-corrected chi connectivity index (χ4v) is 0.918. The number of aromatic nitrogens is 2. The summed E-state index contributed by atoms with van der Waals surface area (Å²) < 4.78 is 1.80. The van der Waals surface area contributed by atoms with Gasteiger partial charge in [-0.2, -0.15) is 0 Å². The molecule has 1 aromatic heterocycles. The second kappa shape index (κ2) is 2.54. The van der Waals surface area contributed by atoms with Gasteiger partial charge in [-0.3, -0.25) is 0 Å². The molecule has 0 N–H and O–H groups in total. The van der Waals surface area contributed by atoms with E-state index in [0.29, 0.717) is 5.28 Å². The van der Waals surface area contributed by atoms with Crippen LogP contribution in [0.1, 0.15) is 11.3 Å². The molecule has 0 amide bonds. The Morgan fingerprint density at radius 2 is 2.10 bits per heavy atom. The molecule has 3 heteroatoms. The van der Waals surface area contributed by atoms with Crippen LogP contribution in [0.25, 0.3) is 0 Å². The highest BCUT2D eigenvalue weighted by Crippen LogP contribution is 2.02. The maximum atomic E-state index is 5.74. The first-order valence-corrected chi connectivity index (χ1v) is 3.48. The van der Waals surface area contributed by atoms with E-state index in [9.17, 15) is 0 Å². The van der Waals surface area contributed by atoms with Crippen LogP contribution in [0.2, 0.25) is 5.28 Å². The maximum absolute atomic E-state index is 5.74. The topological polar surface area (TPSA) is 16.8 Å². The third-order valence-corrected chi connectivity index (χ3v) is 1.86. The molecule has 0 radical (unpaired) electrons. The van der Waals surface area contributed by atoms with E-state index in [0.717, 1.165) is 11.3 Å². The van der Waals surface area contributed by atoms with Crippen LogP contribution >= 0.6 is 11.6 Å². The summed E-state index contributed by atoms with van der Waals surface area (Å²) in [4.78, 5) is 4.10. The van der Waals surface area contributed by atoms with Gasteiger partial charge in [-0.25, -0.2) is 4.57 Å². The van der Waals surface area contributed by atoms with Crippen molar-refractivity contribution in [2.75, 3.05) is 0 Å². The monoisotopic (exact) mass is 157 g/mol. The molecule has 0 aliphatic carbocycles. The fraction of sp³-hybridized carbons (Fsp3) is 0.429. The van der Waals surface area contributed by atoms with Crippen LogP contribution in [0.15, 0.2) is 6.20 Å². The van der Waals surface area contributed by atoms with Crippen LogP contribution in [-0.4, -0.2) is 4.98 Å². The van der Waals surface area contributed by atoms with Gasteiger partial charge in [0.2, 0.25) is 0 Å². The lowest BCUT2D eigenvalue weighted by atomic mass is 10.3. The molecule has 0 aliphatic rings. The maximum Gasteiger partial charge on any atom is 0.396 e. The minimum Gasteiger partial charge on any atom is -0.223 e. The number of halogens is 1. The van der Waals surface area contributed by atoms with E-state index in [-0.39, 0.29) is 0 Å². The summed E-state index contributed by atoms with van der Waals surface area (Å²) in [5, 5.41) is 0.531. The molecular formula is C7H10ClN2+. The van der Waals surface area contributed by atoms with Crippen molar-refractivity contribution < 1.29 is 4.57 Å². The lowest BCUT2D eigenvalue weighted by Gasteiger charge is -1.94. The normalized spacial score (nSPS) is 10.0. The largest absolute Gasteiger partial charge is 0.396 e. The lowest BCUT2D eigenvalue weighted by Crippen LogP contribution is -2.31. The van der Waals surface area contributed by atoms with Gasteiger partial charge in [-0.05, 0) is 11.9 Å². The second-order valence-corrected chi connectivity index (χ2v) is 2.73. The molecule has 10 heavy (non-hydrogen) atoms. The molecule has 0 spiro atoms. The fourth-order valence-electron chi connectivity index (χ4n) is 0.743. The average Bonchev–Trinajstić information content (AvgIpc) is 1.84. The third kappa shape index (κ3) is 1.27. The van der Waals surface area contributed by atoms with Crippen molar-refractivity contribution in [1.29, 1.82) is 0 Å². The van der Waals surface area contributed by atoms with Gasteiger partial charge in [0.15, 0.2) is 5.69 Å². The van der Waals surface area contributed by atoms with Crippen molar-refractivity contribution in [3.63, 3.8) is 0 Å². The first kappa shape index (κ1) is 7.48. The summed E-state index contributed by atoms with van der Waals surface area (Å²) >= 11 is 5.74. The number of rotatable bonds is 0. The van der Waals surface area contributed by atoms with Crippen molar-refractivity contribution in [2.45, 2.75) is 13.8 Å². The van der Waals surface area contributed by atoms with Crippen LogP contribution in [-0.2, 0) is 7.05 Å². The Hall–Kier alpha value is -0.630. The minimum absolute atomic E-state index is 0.531. The Kier molecular flexibility index (Phi) is 1.90. The Labute approximate surface area is 65.5 Å². The van der Waals surface area contributed by atoms with Crippen LogP contribution in [0, 0.1) is 13.8 Å². The molecule has 0 saturated carbocycles. The third-order valence-electron chi connectivity index (χ3n) is 1.51. The van der Waals surface area contributed by atoms with Gasteiger partial charge >= 0.3 is 5.28 Å². The molecular weight excluding hydrogens is 148 g/mol. The van der Waals surface area contributed by atoms with E-state index in [4.69, 9.17) is 11.6 Å². The number of hydrogen-bond donors (Lipinski definition) is 0. The zero-order valence-corrected chi connectivity index (χ0v) is 7.11. The minimum atomic E-state index is 0.531. The van der Waals surface area contributed by atoms with Crippen molar-refractivity contribution in [3.8, 4) is 0 Å². The Morgan fingerprint density at radius 3 is 2.60 bits per heavy atom. The molecule has 0 aliphatic heterocycles. The molecule has 0 fully saturated rings. The molecule has 1 aromatic rings. The van der Waals surface area contributed by atoms with E-state index in [1.807, 2.05) is 27.1 Å². The van der Waals surface area contributed by atoms with Gasteiger partial charge < -0.3 is 0 Å². The van der Waals surface area contributed by atoms with E-state index in [1.165, 1.54) is 0 Å². The summed E-state index contributed by atoms with van der Waals surface area (Å²) in [6, 6.07) is 0. The molecule has 1 rings (SSSR count). The van der Waals surface area contributed by atoms with E-state index in [1.54, 1.807) is 4.57 Å². The summed E-state index contributed by atoms with van der Waals surface area (Å²) in [7, 11) is 1.88. The standard InChI is InChI=1S/C7H10ClN2/c1-5-4-10(3)7(8)9-6(5)2/h4H,1-3H3/q+1. The zero-order valence-electron chi connectivity index (χ0n) is 6.35. The highest BCUT2D eigenvalue weighted by Gasteiger charge is 2.08. The number of hydrogen-bond acceptors (Lipinski definition) is 1. The lowest BCUT2D eigenvalue weighted by molar-refractivity contribution is -0.672. The van der Waals surface area contributed by atoms with Gasteiger partial charge in [-0.1, -0.05) is 0 Å². The first-order chi connectivity index (χ1) is 4.61. The van der Waals surface area contributed by atoms with Crippen molar-refractivity contribution in [3.05, 3.63) is 22.7 Å². The van der Waals surface area contributed by atoms with Gasteiger partial charge in [0.25, 0.3) is 0 Å². The number of aryl methyl sites for hydroxylation is 3. The summed E-state index contributed by atoms with van der Waals surface area (Å²) in [5.74, 6) is 0. The molecule has 0 saturated heterocycles. The zero-order chi connectivity index (χ0) is 7.72. The molecule has 54 valence electrons. The predicted octanol–water partition coefficient (Wildman–Crippen LogP) is 1.18. The smallest absolute Gasteiger partial charge is 0.223 e. The van der Waals surface area contributed by atoms with Gasteiger partial charge in [0.1, 0.15) is 0 Å². The molecule has 2 nitrogen and oxygen atoms in total. The second-order valence-electron chi connectivity index (χ2n) is 2.39. The van der Waals surface area contributed by atoms with Gasteiger partial charge in [0, 0.05) is 24.1 Å². The summed E-state index contributed by atoms with van der Waals surface area (Å²) in [6.45, 7) is 3.96. The van der Waals surface area contributed by atoms with Crippen molar-refractivity contribution in [1.82, 2.24) is 4.98 Å². The SMILES string of the molecule is Cc1c[n+](C)c(Cl)nc1C. The Balaban J connectivity index is 3.28. The highest BCUT2D eigenvalue weighted by atomic mass is 35.5. The predicted molar refractivity (Wildman–Crippen MR) is 39.9 cm³/mol. The summed E-state index contributed by atoms with van der Waals surface area (Å²) in [5.41, 5.74) is 2.15. The molecule has 1 heterocycles. The highest BCUT2D eigenvalue weighted by molar-refractivity contribution is 6.27. The van der Waals surface area contributed by atoms with Gasteiger partial charge in [-0.15, -0.1) is 0 Å². The average molecular weight is 158 g/mol. The molecule has 0 unspecified atom stereocenters. The molecule has 0 atom stereocenters. The van der Waals surface area contributed by atoms with E-state index >= 15 is 0 Å². The van der Waals surface area contributed by atoms with Crippen LogP contribution in [0.3, 0.4) is 0 Å².